The molecule has 0 radical (unpaired) electrons. The number of nitrogens with one attached hydrogen (secondary N) is 1. The molecule has 0 bridgehead atoms. The molecule has 0 aliphatic heterocycles. The largest absolute Gasteiger partial charge is 0.492 e. The predicted molar refractivity (Wildman–Crippen MR) is 83.6 cm³/mol. The Morgan fingerprint density at radius 2 is 2.10 bits per heavy atom. The van der Waals surface area contributed by atoms with Gasteiger partial charge in [-0.15, -0.1) is 0 Å². The van der Waals surface area contributed by atoms with E-state index in [4.69, 9.17) is 15.6 Å². The van der Waals surface area contributed by atoms with Crippen LogP contribution in [0.25, 0.3) is 0 Å². The maximum atomic E-state index is 11.9. The molecule has 1 aromatic carbocycles. The molecule has 0 saturated heterocycles. The predicted octanol–water partition coefficient (Wildman–Crippen LogP) is 0.976. The van der Waals surface area contributed by atoms with Crippen molar-refractivity contribution in [3.63, 3.8) is 0 Å². The lowest BCUT2D eigenvalue weighted by molar-refractivity contribution is 0.213. The summed E-state index contributed by atoms with van der Waals surface area (Å²) in [5.41, 5.74) is 5.90. The first-order valence-corrected chi connectivity index (χ1v) is 8.46. The molecule has 0 fully saturated rings. The lowest BCUT2D eigenvalue weighted by Gasteiger charge is -2.23. The number of benzene rings is 1. The molecule has 6 nitrogen and oxygen atoms in total. The molecular weight excluding hydrogens is 292 g/mol. The summed E-state index contributed by atoms with van der Waals surface area (Å²) in [6, 6.07) is 6.84. The van der Waals surface area contributed by atoms with E-state index in [1.165, 1.54) is 0 Å². The Morgan fingerprint density at radius 1 is 1.38 bits per heavy atom. The van der Waals surface area contributed by atoms with E-state index in [1.807, 2.05) is 13.8 Å². The number of hydrogen-bond acceptors (Lipinski definition) is 5. The molecule has 4 N–H and O–H groups in total. The van der Waals surface area contributed by atoms with Gasteiger partial charge < -0.3 is 15.6 Å². The minimum atomic E-state index is -3.40. The van der Waals surface area contributed by atoms with Gasteiger partial charge in [-0.25, -0.2) is 13.1 Å². The smallest absolute Gasteiger partial charge is 0.214 e. The van der Waals surface area contributed by atoms with E-state index in [-0.39, 0.29) is 30.9 Å². The van der Waals surface area contributed by atoms with Crippen LogP contribution < -0.4 is 15.2 Å². The molecule has 1 aromatic rings. The number of aliphatic hydroxyl groups is 1. The average molecular weight is 316 g/mol. The molecule has 0 aliphatic carbocycles. The zero-order chi connectivity index (χ0) is 15.9. The number of hydrogen-bond donors (Lipinski definition) is 3. The zero-order valence-electron chi connectivity index (χ0n) is 12.5. The van der Waals surface area contributed by atoms with E-state index >= 15 is 0 Å². The lowest BCUT2D eigenvalue weighted by Crippen LogP contribution is -2.37. The summed E-state index contributed by atoms with van der Waals surface area (Å²) < 4.78 is 31.6. The number of nitrogens with two attached hydrogens (primary N) is 1. The van der Waals surface area contributed by atoms with Crippen LogP contribution in [-0.2, 0) is 10.0 Å². The highest BCUT2D eigenvalue weighted by atomic mass is 32.2. The van der Waals surface area contributed by atoms with Gasteiger partial charge in [0.05, 0.1) is 5.75 Å². The number of sulfonamides is 1. The Morgan fingerprint density at radius 3 is 2.71 bits per heavy atom. The molecule has 0 saturated carbocycles. The third kappa shape index (κ3) is 7.31. The SMILES string of the molecule is CC(C)(CCO)CNS(=O)(=O)CCOc1cccc(N)c1. The Hall–Kier alpha value is -1.31. The van der Waals surface area contributed by atoms with E-state index in [0.717, 1.165) is 0 Å². The molecular formula is C14H24N2O4S. The zero-order valence-corrected chi connectivity index (χ0v) is 13.3. The first kappa shape index (κ1) is 17.7. The van der Waals surface area contributed by atoms with Gasteiger partial charge in [0.2, 0.25) is 10.0 Å². The monoisotopic (exact) mass is 316 g/mol. The van der Waals surface area contributed by atoms with Crippen LogP contribution in [-0.4, -0.2) is 39.0 Å². The van der Waals surface area contributed by atoms with Crippen molar-refractivity contribution in [1.82, 2.24) is 4.72 Å². The molecule has 21 heavy (non-hydrogen) atoms. The van der Waals surface area contributed by atoms with Crippen LogP contribution in [0.15, 0.2) is 24.3 Å². The molecule has 7 heteroatoms. The lowest BCUT2D eigenvalue weighted by atomic mass is 9.90. The first-order valence-electron chi connectivity index (χ1n) is 6.81. The number of anilines is 1. The van der Waals surface area contributed by atoms with Gasteiger partial charge in [0.1, 0.15) is 12.4 Å². The van der Waals surface area contributed by atoms with Crippen molar-refractivity contribution >= 4 is 15.7 Å². The van der Waals surface area contributed by atoms with Gasteiger partial charge in [-0.2, -0.15) is 0 Å². The van der Waals surface area contributed by atoms with Crippen molar-refractivity contribution in [2.75, 3.05) is 31.2 Å². The molecule has 0 unspecified atom stereocenters. The van der Waals surface area contributed by atoms with Crippen molar-refractivity contribution in [2.45, 2.75) is 20.3 Å². The maximum Gasteiger partial charge on any atom is 0.214 e. The molecule has 0 spiro atoms. The van der Waals surface area contributed by atoms with Gasteiger partial charge in [0, 0.05) is 24.9 Å². The number of ether oxygens (including phenoxy) is 1. The number of rotatable bonds is 9. The topological polar surface area (TPSA) is 102 Å². The highest BCUT2D eigenvalue weighted by Crippen LogP contribution is 2.18. The van der Waals surface area contributed by atoms with Crippen LogP contribution in [0.4, 0.5) is 5.69 Å². The van der Waals surface area contributed by atoms with E-state index < -0.39 is 10.0 Å². The quantitative estimate of drug-likeness (QED) is 0.589. The third-order valence-electron chi connectivity index (χ3n) is 3.04. The second kappa shape index (κ2) is 7.63. The minimum Gasteiger partial charge on any atom is -0.492 e. The molecule has 120 valence electrons. The van der Waals surface area contributed by atoms with Crippen LogP contribution in [0.2, 0.25) is 0 Å². The molecule has 0 aromatic heterocycles. The summed E-state index contributed by atoms with van der Waals surface area (Å²) in [5, 5.41) is 8.91. The number of aliphatic hydroxyl groups excluding tert-OH is 1. The van der Waals surface area contributed by atoms with Crippen LogP contribution in [0, 0.1) is 5.41 Å². The van der Waals surface area contributed by atoms with Crippen LogP contribution in [0.3, 0.4) is 0 Å². The summed E-state index contributed by atoms with van der Waals surface area (Å²) in [6.07, 6.45) is 0.537. The normalized spacial score (nSPS) is 12.3. The molecule has 0 atom stereocenters. The maximum absolute atomic E-state index is 11.9. The first-order chi connectivity index (χ1) is 9.74. The van der Waals surface area contributed by atoms with Crippen molar-refractivity contribution in [3.8, 4) is 5.75 Å². The highest BCUT2D eigenvalue weighted by Gasteiger charge is 2.20. The van der Waals surface area contributed by atoms with E-state index in [0.29, 0.717) is 17.9 Å². The Bertz CT molecular complexity index is 544. The van der Waals surface area contributed by atoms with Gasteiger partial charge >= 0.3 is 0 Å². The van der Waals surface area contributed by atoms with Crippen molar-refractivity contribution < 1.29 is 18.3 Å². The van der Waals surface area contributed by atoms with Crippen LogP contribution in [0.1, 0.15) is 20.3 Å². The van der Waals surface area contributed by atoms with Crippen molar-refractivity contribution in [3.05, 3.63) is 24.3 Å². The van der Waals surface area contributed by atoms with Gasteiger partial charge in [0.25, 0.3) is 0 Å². The number of nitrogen functional groups attached to an aromatic ring is 1. The van der Waals surface area contributed by atoms with Crippen LogP contribution >= 0.6 is 0 Å². The summed E-state index contributed by atoms with van der Waals surface area (Å²) in [6.45, 7) is 4.17. The average Bonchev–Trinajstić information content (AvgIpc) is 2.37. The molecule has 0 aliphatic rings. The fraction of sp³-hybridized carbons (Fsp3) is 0.571. The van der Waals surface area contributed by atoms with Gasteiger partial charge in [-0.05, 0) is 24.0 Å². The standard InChI is InChI=1S/C14H24N2O4S/c1-14(2,6-7-17)11-16-21(18,19)9-8-20-13-5-3-4-12(15)10-13/h3-5,10,16-17H,6-9,11,15H2,1-2H3. The molecule has 0 amide bonds. The second-order valence-corrected chi connectivity index (χ2v) is 7.63. The van der Waals surface area contributed by atoms with Gasteiger partial charge in [0.15, 0.2) is 0 Å². The van der Waals surface area contributed by atoms with Gasteiger partial charge in [-0.3, -0.25) is 0 Å². The van der Waals surface area contributed by atoms with Gasteiger partial charge in [-0.1, -0.05) is 19.9 Å². The van der Waals surface area contributed by atoms with Crippen molar-refractivity contribution in [2.24, 2.45) is 5.41 Å². The van der Waals surface area contributed by atoms with Crippen LogP contribution in [0.5, 0.6) is 5.75 Å². The summed E-state index contributed by atoms with van der Waals surface area (Å²) in [4.78, 5) is 0. The fourth-order valence-corrected chi connectivity index (χ4v) is 2.70. The van der Waals surface area contributed by atoms with E-state index in [1.54, 1.807) is 24.3 Å². The Balaban J connectivity index is 2.39. The summed E-state index contributed by atoms with van der Waals surface area (Å²) in [7, 11) is -3.40. The molecule has 1 rings (SSSR count). The highest BCUT2D eigenvalue weighted by molar-refractivity contribution is 7.89. The van der Waals surface area contributed by atoms with Crippen molar-refractivity contribution in [1.29, 1.82) is 0 Å². The minimum absolute atomic E-state index is 0.0350. The fourth-order valence-electron chi connectivity index (χ4n) is 1.64. The van der Waals surface area contributed by atoms with E-state index in [2.05, 4.69) is 4.72 Å². The Kier molecular flexibility index (Phi) is 6.44. The summed E-state index contributed by atoms with van der Waals surface area (Å²) in [5.74, 6) is 0.419. The Labute approximate surface area is 126 Å². The van der Waals surface area contributed by atoms with E-state index in [9.17, 15) is 8.42 Å². The second-order valence-electron chi connectivity index (χ2n) is 5.70. The summed E-state index contributed by atoms with van der Waals surface area (Å²) >= 11 is 0. The third-order valence-corrected chi connectivity index (χ3v) is 4.33. The molecule has 0 heterocycles.